The highest BCUT2D eigenvalue weighted by Gasteiger charge is 2.26. The molecule has 0 aromatic heterocycles. The summed E-state index contributed by atoms with van der Waals surface area (Å²) in [4.78, 5) is 25.9. The summed E-state index contributed by atoms with van der Waals surface area (Å²) in [6, 6.07) is 6.74. The Hall–Kier alpha value is -2.04. The maximum absolute atomic E-state index is 12.4. The molecule has 114 valence electrons. The molecule has 1 fully saturated rings. The van der Waals surface area contributed by atoms with E-state index in [1.807, 2.05) is 4.90 Å². The first-order valence-corrected chi connectivity index (χ1v) is 7.39. The number of anilines is 1. The molecule has 0 spiro atoms. The van der Waals surface area contributed by atoms with Crippen molar-refractivity contribution in [3.8, 4) is 0 Å². The molecule has 1 aliphatic rings. The first-order valence-electron chi connectivity index (χ1n) is 7.39. The van der Waals surface area contributed by atoms with Crippen molar-refractivity contribution < 1.29 is 14.3 Å². The van der Waals surface area contributed by atoms with E-state index < -0.39 is 5.97 Å². The molecule has 0 saturated heterocycles. The van der Waals surface area contributed by atoms with Crippen LogP contribution in [0.2, 0.25) is 0 Å². The van der Waals surface area contributed by atoms with Gasteiger partial charge in [0.15, 0.2) is 0 Å². The van der Waals surface area contributed by atoms with E-state index in [-0.39, 0.29) is 6.03 Å². The van der Waals surface area contributed by atoms with Crippen LogP contribution in [-0.2, 0) is 4.74 Å². The van der Waals surface area contributed by atoms with Crippen molar-refractivity contribution >= 4 is 17.7 Å². The second-order valence-electron chi connectivity index (χ2n) is 5.36. The summed E-state index contributed by atoms with van der Waals surface area (Å²) in [5.41, 5.74) is 0.863. The maximum Gasteiger partial charge on any atom is 0.339 e. The van der Waals surface area contributed by atoms with Crippen molar-refractivity contribution in [2.45, 2.75) is 26.2 Å². The Kier molecular flexibility index (Phi) is 5.20. The SMILES string of the molecule is CCCN(CC1CC1)C(=O)Nc1ccccc1C(=O)OC. The molecule has 5 nitrogen and oxygen atoms in total. The number of carbonyl (C=O) groups excluding carboxylic acids is 2. The van der Waals surface area contributed by atoms with Crippen LogP contribution in [0.3, 0.4) is 0 Å². The number of nitrogens with zero attached hydrogens (tertiary/aromatic N) is 1. The number of urea groups is 1. The predicted octanol–water partition coefficient (Wildman–Crippen LogP) is 3.13. The van der Waals surface area contributed by atoms with Gasteiger partial charge in [0, 0.05) is 13.1 Å². The van der Waals surface area contributed by atoms with Crippen LogP contribution in [0.1, 0.15) is 36.5 Å². The zero-order valence-corrected chi connectivity index (χ0v) is 12.6. The first-order chi connectivity index (χ1) is 10.2. The summed E-state index contributed by atoms with van der Waals surface area (Å²) < 4.78 is 4.74. The van der Waals surface area contributed by atoms with Gasteiger partial charge in [-0.3, -0.25) is 0 Å². The third-order valence-corrected chi connectivity index (χ3v) is 3.53. The number of para-hydroxylation sites is 1. The number of hydrogen-bond donors (Lipinski definition) is 1. The number of amides is 2. The zero-order valence-electron chi connectivity index (χ0n) is 12.6. The number of benzene rings is 1. The lowest BCUT2D eigenvalue weighted by Gasteiger charge is -2.23. The van der Waals surface area contributed by atoms with E-state index >= 15 is 0 Å². The molecule has 2 amide bonds. The number of esters is 1. The van der Waals surface area contributed by atoms with Gasteiger partial charge >= 0.3 is 12.0 Å². The average molecular weight is 290 g/mol. The van der Waals surface area contributed by atoms with Crippen LogP contribution in [0.25, 0.3) is 0 Å². The Labute approximate surface area is 125 Å². The molecule has 1 aliphatic carbocycles. The lowest BCUT2D eigenvalue weighted by molar-refractivity contribution is 0.0602. The van der Waals surface area contributed by atoms with E-state index in [4.69, 9.17) is 4.74 Å². The Morgan fingerprint density at radius 1 is 1.33 bits per heavy atom. The highest BCUT2D eigenvalue weighted by molar-refractivity contribution is 6.00. The highest BCUT2D eigenvalue weighted by Crippen LogP contribution is 2.30. The first kappa shape index (κ1) is 15.4. The minimum absolute atomic E-state index is 0.153. The van der Waals surface area contributed by atoms with Crippen molar-refractivity contribution in [2.24, 2.45) is 5.92 Å². The van der Waals surface area contributed by atoms with Gasteiger partial charge in [-0.15, -0.1) is 0 Å². The van der Waals surface area contributed by atoms with Crippen molar-refractivity contribution in [3.05, 3.63) is 29.8 Å². The molecule has 0 heterocycles. The Bertz CT molecular complexity index is 512. The molecule has 0 atom stereocenters. The number of rotatable bonds is 6. The predicted molar refractivity (Wildman–Crippen MR) is 81.4 cm³/mol. The molecule has 1 saturated carbocycles. The van der Waals surface area contributed by atoms with E-state index in [0.29, 0.717) is 17.2 Å². The van der Waals surface area contributed by atoms with Crippen LogP contribution < -0.4 is 5.32 Å². The Morgan fingerprint density at radius 3 is 2.67 bits per heavy atom. The van der Waals surface area contributed by atoms with E-state index in [1.165, 1.54) is 20.0 Å². The minimum atomic E-state index is -0.449. The van der Waals surface area contributed by atoms with Crippen molar-refractivity contribution in [2.75, 3.05) is 25.5 Å². The fraction of sp³-hybridized carbons (Fsp3) is 0.500. The average Bonchev–Trinajstić information content (AvgIpc) is 3.30. The van der Waals surface area contributed by atoms with E-state index in [9.17, 15) is 9.59 Å². The largest absolute Gasteiger partial charge is 0.465 e. The van der Waals surface area contributed by atoms with Gasteiger partial charge in [-0.05, 0) is 37.3 Å². The zero-order chi connectivity index (χ0) is 15.2. The fourth-order valence-corrected chi connectivity index (χ4v) is 2.23. The molecule has 0 aliphatic heterocycles. The van der Waals surface area contributed by atoms with Crippen LogP contribution in [0.4, 0.5) is 10.5 Å². The Morgan fingerprint density at radius 2 is 2.05 bits per heavy atom. The summed E-state index contributed by atoms with van der Waals surface area (Å²) in [5, 5.41) is 2.83. The van der Waals surface area contributed by atoms with Crippen molar-refractivity contribution in [1.82, 2.24) is 4.90 Å². The lowest BCUT2D eigenvalue weighted by atomic mass is 10.2. The number of ether oxygens (including phenoxy) is 1. The molecular formula is C16H22N2O3. The van der Waals surface area contributed by atoms with E-state index in [1.54, 1.807) is 24.3 Å². The Balaban J connectivity index is 2.08. The topological polar surface area (TPSA) is 58.6 Å². The van der Waals surface area contributed by atoms with Gasteiger partial charge < -0.3 is 15.0 Å². The van der Waals surface area contributed by atoms with Gasteiger partial charge in [0.2, 0.25) is 0 Å². The van der Waals surface area contributed by atoms with Gasteiger partial charge in [-0.1, -0.05) is 19.1 Å². The summed E-state index contributed by atoms with van der Waals surface area (Å²) in [6.45, 7) is 3.57. The molecule has 1 aromatic carbocycles. The summed E-state index contributed by atoms with van der Waals surface area (Å²) in [7, 11) is 1.33. The molecule has 2 rings (SSSR count). The molecule has 0 radical (unpaired) electrons. The summed E-state index contributed by atoms with van der Waals surface area (Å²) in [5.74, 6) is 0.188. The van der Waals surface area contributed by atoms with Crippen LogP contribution in [-0.4, -0.2) is 37.1 Å². The standard InChI is InChI=1S/C16H22N2O3/c1-3-10-18(11-12-8-9-12)16(20)17-14-7-5-4-6-13(14)15(19)21-2/h4-7,12H,3,8-11H2,1-2H3,(H,17,20). The van der Waals surface area contributed by atoms with Crippen LogP contribution in [0.5, 0.6) is 0 Å². The van der Waals surface area contributed by atoms with E-state index in [0.717, 1.165) is 19.5 Å². The quantitative estimate of drug-likeness (QED) is 0.819. The second-order valence-corrected chi connectivity index (χ2v) is 5.36. The monoisotopic (exact) mass is 290 g/mol. The fourth-order valence-electron chi connectivity index (χ4n) is 2.23. The van der Waals surface area contributed by atoms with Gasteiger partial charge in [0.25, 0.3) is 0 Å². The van der Waals surface area contributed by atoms with Crippen LogP contribution >= 0.6 is 0 Å². The van der Waals surface area contributed by atoms with Gasteiger partial charge in [-0.25, -0.2) is 9.59 Å². The second kappa shape index (κ2) is 7.11. The number of nitrogens with one attached hydrogen (secondary N) is 1. The van der Waals surface area contributed by atoms with Crippen LogP contribution in [0.15, 0.2) is 24.3 Å². The molecular weight excluding hydrogens is 268 g/mol. The van der Waals surface area contributed by atoms with Gasteiger partial charge in [-0.2, -0.15) is 0 Å². The third kappa shape index (κ3) is 4.21. The molecule has 1 N–H and O–H groups in total. The number of methoxy groups -OCH3 is 1. The van der Waals surface area contributed by atoms with E-state index in [2.05, 4.69) is 12.2 Å². The normalized spacial score (nSPS) is 13.6. The lowest BCUT2D eigenvalue weighted by Crippen LogP contribution is -2.37. The summed E-state index contributed by atoms with van der Waals surface area (Å²) >= 11 is 0. The smallest absolute Gasteiger partial charge is 0.339 e. The minimum Gasteiger partial charge on any atom is -0.465 e. The third-order valence-electron chi connectivity index (χ3n) is 3.53. The molecule has 0 bridgehead atoms. The summed E-state index contributed by atoms with van der Waals surface area (Å²) in [6.07, 6.45) is 3.32. The molecule has 1 aromatic rings. The molecule has 21 heavy (non-hydrogen) atoms. The molecule has 5 heteroatoms. The number of carbonyl (C=O) groups is 2. The highest BCUT2D eigenvalue weighted by atomic mass is 16.5. The van der Waals surface area contributed by atoms with Crippen molar-refractivity contribution in [3.63, 3.8) is 0 Å². The maximum atomic E-state index is 12.4. The number of hydrogen-bond acceptors (Lipinski definition) is 3. The van der Waals surface area contributed by atoms with Gasteiger partial charge in [0.05, 0.1) is 18.4 Å². The molecule has 0 unspecified atom stereocenters. The van der Waals surface area contributed by atoms with Crippen molar-refractivity contribution in [1.29, 1.82) is 0 Å². The van der Waals surface area contributed by atoms with Gasteiger partial charge in [0.1, 0.15) is 0 Å². The van der Waals surface area contributed by atoms with Crippen LogP contribution in [0, 0.1) is 5.92 Å².